The van der Waals surface area contributed by atoms with E-state index in [0.717, 1.165) is 31.5 Å². The predicted molar refractivity (Wildman–Crippen MR) is 75.0 cm³/mol. The number of likely N-dealkylation sites (N-methyl/N-ethyl adjacent to an activating group) is 1. The molecule has 6 heteroatoms. The fourth-order valence-electron chi connectivity index (χ4n) is 2.43. The van der Waals surface area contributed by atoms with Gasteiger partial charge in [0.05, 0.1) is 12.1 Å². The average Bonchev–Trinajstić information content (AvgIpc) is 2.92. The van der Waals surface area contributed by atoms with Crippen molar-refractivity contribution in [1.82, 2.24) is 9.88 Å². The van der Waals surface area contributed by atoms with Crippen molar-refractivity contribution in [2.75, 3.05) is 31.6 Å². The number of amides is 1. The third-order valence-corrected chi connectivity index (χ3v) is 3.49. The normalized spacial score (nSPS) is 14.4. The summed E-state index contributed by atoms with van der Waals surface area (Å²) in [5, 5.41) is 8.91. The quantitative estimate of drug-likeness (QED) is 0.893. The van der Waals surface area contributed by atoms with E-state index in [9.17, 15) is 9.59 Å². The fourth-order valence-corrected chi connectivity index (χ4v) is 2.43. The summed E-state index contributed by atoms with van der Waals surface area (Å²) in [6, 6.07) is 1.57. The molecule has 0 bridgehead atoms. The summed E-state index contributed by atoms with van der Waals surface area (Å²) in [7, 11) is 1.80. The number of hydrogen-bond acceptors (Lipinski definition) is 4. The van der Waals surface area contributed by atoms with Gasteiger partial charge in [-0.2, -0.15) is 0 Å². The summed E-state index contributed by atoms with van der Waals surface area (Å²) in [4.78, 5) is 30.7. The summed E-state index contributed by atoms with van der Waals surface area (Å²) in [5.41, 5.74) is 0.909. The van der Waals surface area contributed by atoms with Crippen LogP contribution in [0.3, 0.4) is 0 Å². The van der Waals surface area contributed by atoms with Crippen LogP contribution in [0, 0.1) is 6.92 Å². The number of nitrogens with zero attached hydrogens (tertiary/aromatic N) is 3. The van der Waals surface area contributed by atoms with E-state index in [4.69, 9.17) is 5.11 Å². The Hall–Kier alpha value is -2.11. The SMILES string of the molecule is Cc1cc(C(=O)O)cnc1N(C)CC(=O)N1CCCC1. The molecular weight excluding hydrogens is 258 g/mol. The van der Waals surface area contributed by atoms with Gasteiger partial charge in [-0.25, -0.2) is 9.78 Å². The minimum Gasteiger partial charge on any atom is -0.478 e. The molecule has 1 aliphatic heterocycles. The molecular formula is C14H19N3O3. The molecule has 0 radical (unpaired) electrons. The van der Waals surface area contributed by atoms with E-state index in [1.54, 1.807) is 24.9 Å². The predicted octanol–water partition coefficient (Wildman–Crippen LogP) is 1.15. The Bertz CT molecular complexity index is 524. The standard InChI is InChI=1S/C14H19N3O3/c1-10-7-11(14(19)20)8-15-13(10)16(2)9-12(18)17-5-3-4-6-17/h7-8H,3-6,9H2,1-2H3,(H,19,20). The zero-order chi connectivity index (χ0) is 14.7. The fraction of sp³-hybridized carbons (Fsp3) is 0.500. The second-order valence-corrected chi connectivity index (χ2v) is 5.11. The van der Waals surface area contributed by atoms with Gasteiger partial charge in [-0.1, -0.05) is 0 Å². The molecule has 1 fully saturated rings. The van der Waals surface area contributed by atoms with E-state index < -0.39 is 5.97 Å². The molecule has 0 saturated carbocycles. The molecule has 0 spiro atoms. The molecule has 0 aromatic carbocycles. The van der Waals surface area contributed by atoms with Crippen LogP contribution in [0.1, 0.15) is 28.8 Å². The molecule has 1 N–H and O–H groups in total. The maximum Gasteiger partial charge on any atom is 0.337 e. The molecule has 1 amide bonds. The van der Waals surface area contributed by atoms with Crippen LogP contribution in [0.4, 0.5) is 5.82 Å². The minimum atomic E-state index is -0.997. The molecule has 2 rings (SSSR count). The Morgan fingerprint density at radius 1 is 1.40 bits per heavy atom. The van der Waals surface area contributed by atoms with Crippen LogP contribution in [0.25, 0.3) is 0 Å². The lowest BCUT2D eigenvalue weighted by molar-refractivity contribution is -0.128. The van der Waals surface area contributed by atoms with Crippen molar-refractivity contribution in [3.05, 3.63) is 23.4 Å². The van der Waals surface area contributed by atoms with Crippen molar-refractivity contribution in [3.8, 4) is 0 Å². The highest BCUT2D eigenvalue weighted by Crippen LogP contribution is 2.17. The van der Waals surface area contributed by atoms with Crippen LogP contribution < -0.4 is 4.90 Å². The maximum atomic E-state index is 12.1. The van der Waals surface area contributed by atoms with Crippen molar-refractivity contribution in [2.24, 2.45) is 0 Å². The minimum absolute atomic E-state index is 0.0912. The van der Waals surface area contributed by atoms with Crippen molar-refractivity contribution in [2.45, 2.75) is 19.8 Å². The first kappa shape index (κ1) is 14.3. The Kier molecular flexibility index (Phi) is 4.22. The Morgan fingerprint density at radius 3 is 2.60 bits per heavy atom. The lowest BCUT2D eigenvalue weighted by Crippen LogP contribution is -2.37. The summed E-state index contributed by atoms with van der Waals surface area (Å²) < 4.78 is 0. The lowest BCUT2D eigenvalue weighted by atomic mass is 10.2. The monoisotopic (exact) mass is 277 g/mol. The zero-order valence-corrected chi connectivity index (χ0v) is 11.8. The smallest absolute Gasteiger partial charge is 0.337 e. The molecule has 0 atom stereocenters. The summed E-state index contributed by atoms with van der Waals surface area (Å²) in [5.74, 6) is -0.265. The Balaban J connectivity index is 2.06. The number of carbonyl (C=O) groups excluding carboxylic acids is 1. The van der Waals surface area contributed by atoms with E-state index >= 15 is 0 Å². The number of carboxylic acids is 1. The van der Waals surface area contributed by atoms with Gasteiger partial charge in [0.2, 0.25) is 5.91 Å². The summed E-state index contributed by atoms with van der Waals surface area (Å²) in [6.07, 6.45) is 3.46. The largest absolute Gasteiger partial charge is 0.478 e. The average molecular weight is 277 g/mol. The van der Waals surface area contributed by atoms with Gasteiger partial charge in [0.25, 0.3) is 0 Å². The lowest BCUT2D eigenvalue weighted by Gasteiger charge is -2.23. The molecule has 0 aliphatic carbocycles. The van der Waals surface area contributed by atoms with Crippen molar-refractivity contribution < 1.29 is 14.7 Å². The molecule has 1 saturated heterocycles. The number of aromatic nitrogens is 1. The number of carboxylic acid groups (broad SMARTS) is 1. The van der Waals surface area contributed by atoms with E-state index in [1.165, 1.54) is 6.20 Å². The third-order valence-electron chi connectivity index (χ3n) is 3.49. The molecule has 20 heavy (non-hydrogen) atoms. The highest BCUT2D eigenvalue weighted by Gasteiger charge is 2.20. The van der Waals surface area contributed by atoms with E-state index in [1.807, 2.05) is 4.90 Å². The van der Waals surface area contributed by atoms with Gasteiger partial charge in [-0.05, 0) is 31.4 Å². The van der Waals surface area contributed by atoms with Gasteiger partial charge in [-0.15, -0.1) is 0 Å². The molecule has 6 nitrogen and oxygen atoms in total. The van der Waals surface area contributed by atoms with Crippen LogP contribution in [-0.4, -0.2) is 53.5 Å². The van der Waals surface area contributed by atoms with Crippen LogP contribution in [0.15, 0.2) is 12.3 Å². The Morgan fingerprint density at radius 2 is 2.05 bits per heavy atom. The number of anilines is 1. The number of likely N-dealkylation sites (tertiary alicyclic amines) is 1. The number of carbonyl (C=O) groups is 2. The van der Waals surface area contributed by atoms with Gasteiger partial charge in [0, 0.05) is 26.3 Å². The maximum absolute atomic E-state index is 12.1. The van der Waals surface area contributed by atoms with Crippen LogP contribution >= 0.6 is 0 Å². The van der Waals surface area contributed by atoms with Gasteiger partial charge >= 0.3 is 5.97 Å². The highest BCUT2D eigenvalue weighted by molar-refractivity contribution is 5.88. The number of hydrogen-bond donors (Lipinski definition) is 1. The number of aromatic carboxylic acids is 1. The second-order valence-electron chi connectivity index (χ2n) is 5.11. The Labute approximate surface area is 118 Å². The van der Waals surface area contributed by atoms with Gasteiger partial charge < -0.3 is 14.9 Å². The van der Waals surface area contributed by atoms with Gasteiger partial charge in [0.1, 0.15) is 5.82 Å². The van der Waals surface area contributed by atoms with Crippen molar-refractivity contribution in [3.63, 3.8) is 0 Å². The van der Waals surface area contributed by atoms with Gasteiger partial charge in [0.15, 0.2) is 0 Å². The molecule has 108 valence electrons. The number of aryl methyl sites for hydroxylation is 1. The van der Waals surface area contributed by atoms with Gasteiger partial charge in [-0.3, -0.25) is 4.79 Å². The van der Waals surface area contributed by atoms with Crippen LogP contribution in [0.2, 0.25) is 0 Å². The zero-order valence-electron chi connectivity index (χ0n) is 11.8. The molecule has 0 unspecified atom stereocenters. The molecule has 1 aliphatic rings. The second kappa shape index (κ2) is 5.90. The molecule has 2 heterocycles. The van der Waals surface area contributed by atoms with Crippen LogP contribution in [-0.2, 0) is 4.79 Å². The number of pyridine rings is 1. The summed E-state index contributed by atoms with van der Waals surface area (Å²) in [6.45, 7) is 3.72. The van der Waals surface area contributed by atoms with Crippen LogP contribution in [0.5, 0.6) is 0 Å². The van der Waals surface area contributed by atoms with E-state index in [0.29, 0.717) is 5.82 Å². The van der Waals surface area contributed by atoms with E-state index in [-0.39, 0.29) is 18.0 Å². The first-order valence-corrected chi connectivity index (χ1v) is 6.68. The summed E-state index contributed by atoms with van der Waals surface area (Å²) >= 11 is 0. The third kappa shape index (κ3) is 3.07. The molecule has 1 aromatic heterocycles. The first-order valence-electron chi connectivity index (χ1n) is 6.68. The van der Waals surface area contributed by atoms with Crippen molar-refractivity contribution in [1.29, 1.82) is 0 Å². The topological polar surface area (TPSA) is 73.7 Å². The van der Waals surface area contributed by atoms with Crippen molar-refractivity contribution >= 4 is 17.7 Å². The number of rotatable bonds is 4. The molecule has 1 aromatic rings. The highest BCUT2D eigenvalue weighted by atomic mass is 16.4. The van der Waals surface area contributed by atoms with E-state index in [2.05, 4.69) is 4.98 Å². The first-order chi connectivity index (χ1) is 9.49.